The van der Waals surface area contributed by atoms with Crippen molar-refractivity contribution in [2.75, 3.05) is 12.4 Å². The van der Waals surface area contributed by atoms with Crippen LogP contribution < -0.4 is 10.1 Å². The molecular weight excluding hydrogens is 395 g/mol. The zero-order valence-electron chi connectivity index (χ0n) is 17.6. The number of hydrogen-bond acceptors (Lipinski definition) is 4. The van der Waals surface area contributed by atoms with Crippen molar-refractivity contribution in [2.45, 2.75) is 26.7 Å². The molecule has 0 atom stereocenters. The van der Waals surface area contributed by atoms with Gasteiger partial charge in [-0.2, -0.15) is 5.10 Å². The Morgan fingerprint density at radius 2 is 1.87 bits per heavy atom. The molecule has 6 nitrogen and oxygen atoms in total. The number of hydrogen-bond donors (Lipinski definition) is 1. The number of anilines is 1. The van der Waals surface area contributed by atoms with Crippen LogP contribution in [0.15, 0.2) is 54.6 Å². The number of methoxy groups -OCH3 is 1. The highest BCUT2D eigenvalue weighted by atomic mass is 19.1. The van der Waals surface area contributed by atoms with E-state index in [1.54, 1.807) is 19.2 Å². The topological polar surface area (TPSA) is 68.5 Å². The molecule has 31 heavy (non-hydrogen) atoms. The lowest BCUT2D eigenvalue weighted by atomic mass is 10.1. The molecule has 7 heteroatoms. The van der Waals surface area contributed by atoms with Crippen LogP contribution in [0.4, 0.5) is 10.1 Å². The third-order valence-electron chi connectivity index (χ3n) is 5.28. The van der Waals surface area contributed by atoms with Crippen LogP contribution in [-0.4, -0.2) is 27.6 Å². The molecule has 0 unspecified atom stereocenters. The molecule has 4 rings (SSSR count). The lowest BCUT2D eigenvalue weighted by molar-refractivity contribution is -0.116. The van der Waals surface area contributed by atoms with Gasteiger partial charge in [-0.1, -0.05) is 12.1 Å². The molecule has 2 aromatic heterocycles. The van der Waals surface area contributed by atoms with Crippen LogP contribution in [0.5, 0.6) is 5.75 Å². The van der Waals surface area contributed by atoms with Gasteiger partial charge in [0.25, 0.3) is 0 Å². The van der Waals surface area contributed by atoms with Crippen LogP contribution in [0.2, 0.25) is 0 Å². The molecule has 4 aromatic rings. The Morgan fingerprint density at radius 3 is 2.61 bits per heavy atom. The maximum absolute atomic E-state index is 13.0. The van der Waals surface area contributed by atoms with Gasteiger partial charge in [-0.15, -0.1) is 0 Å². The molecule has 1 N–H and O–H groups in total. The SMILES string of the molecule is COc1ccccc1-c1cc2nc(C)c(CCC(=O)Nc3ccc(F)cc3)c(C)n2n1. The summed E-state index contributed by atoms with van der Waals surface area (Å²) >= 11 is 0. The van der Waals surface area contributed by atoms with E-state index in [0.717, 1.165) is 39.6 Å². The highest BCUT2D eigenvalue weighted by Crippen LogP contribution is 2.30. The number of carbonyl (C=O) groups excluding carboxylic acids is 1. The number of benzene rings is 2. The molecular formula is C24H23FN4O2. The Morgan fingerprint density at radius 1 is 1.13 bits per heavy atom. The highest BCUT2D eigenvalue weighted by molar-refractivity contribution is 5.90. The standard InChI is InChI=1S/C24H23FN4O2/c1-15-19(12-13-24(30)27-18-10-8-17(25)9-11-18)16(2)29-23(26-15)14-21(28-29)20-6-4-5-7-22(20)31-3/h4-11,14H,12-13H2,1-3H3,(H,27,30). The molecule has 0 aliphatic carbocycles. The Kier molecular flexibility index (Phi) is 5.66. The van der Waals surface area contributed by atoms with Crippen LogP contribution in [0, 0.1) is 19.7 Å². The average molecular weight is 418 g/mol. The number of para-hydroxylation sites is 1. The fourth-order valence-corrected chi connectivity index (χ4v) is 3.67. The molecule has 0 fully saturated rings. The van der Waals surface area contributed by atoms with Gasteiger partial charge in [0, 0.05) is 35.1 Å². The van der Waals surface area contributed by atoms with Crippen LogP contribution in [0.1, 0.15) is 23.4 Å². The minimum atomic E-state index is -0.338. The Balaban J connectivity index is 1.57. The number of nitrogens with one attached hydrogen (secondary N) is 1. The van der Waals surface area contributed by atoms with Gasteiger partial charge in [0.15, 0.2) is 5.65 Å². The lowest BCUT2D eigenvalue weighted by Gasteiger charge is -2.11. The van der Waals surface area contributed by atoms with Gasteiger partial charge in [0.2, 0.25) is 5.91 Å². The molecule has 0 aliphatic heterocycles. The number of rotatable bonds is 6. The maximum Gasteiger partial charge on any atom is 0.224 e. The van der Waals surface area contributed by atoms with Crippen molar-refractivity contribution in [2.24, 2.45) is 0 Å². The third kappa shape index (κ3) is 4.26. The van der Waals surface area contributed by atoms with Gasteiger partial charge in [-0.05, 0) is 62.2 Å². The van der Waals surface area contributed by atoms with E-state index in [1.165, 1.54) is 12.1 Å². The number of aromatic nitrogens is 3. The summed E-state index contributed by atoms with van der Waals surface area (Å²) in [4.78, 5) is 17.1. The largest absolute Gasteiger partial charge is 0.496 e. The van der Waals surface area contributed by atoms with Crippen LogP contribution in [0.3, 0.4) is 0 Å². The predicted octanol–water partition coefficient (Wildman–Crippen LogP) is 4.73. The van der Waals surface area contributed by atoms with E-state index in [0.29, 0.717) is 12.1 Å². The Hall–Kier alpha value is -3.74. The number of fused-ring (bicyclic) bond motifs is 1. The van der Waals surface area contributed by atoms with Gasteiger partial charge < -0.3 is 10.1 Å². The van der Waals surface area contributed by atoms with Crippen molar-refractivity contribution in [1.82, 2.24) is 14.6 Å². The summed E-state index contributed by atoms with van der Waals surface area (Å²) in [5, 5.41) is 7.53. The first kappa shape index (κ1) is 20.5. The summed E-state index contributed by atoms with van der Waals surface area (Å²) in [5.41, 5.74) is 5.78. The normalized spacial score (nSPS) is 11.0. The van der Waals surface area contributed by atoms with Crippen LogP contribution >= 0.6 is 0 Å². The highest BCUT2D eigenvalue weighted by Gasteiger charge is 2.16. The first-order valence-corrected chi connectivity index (χ1v) is 10.0. The van der Waals surface area contributed by atoms with Crippen LogP contribution in [0.25, 0.3) is 16.9 Å². The predicted molar refractivity (Wildman–Crippen MR) is 118 cm³/mol. The first-order chi connectivity index (χ1) is 15.0. The number of carbonyl (C=O) groups is 1. The van der Waals surface area contributed by atoms with E-state index >= 15 is 0 Å². The molecule has 0 radical (unpaired) electrons. The monoisotopic (exact) mass is 418 g/mol. The summed E-state index contributed by atoms with van der Waals surface area (Å²) in [6.45, 7) is 3.92. The van der Waals surface area contributed by atoms with Gasteiger partial charge >= 0.3 is 0 Å². The van der Waals surface area contributed by atoms with E-state index < -0.39 is 0 Å². The Bertz CT molecular complexity index is 1250. The molecule has 1 amide bonds. The molecule has 0 aliphatic rings. The summed E-state index contributed by atoms with van der Waals surface area (Å²) in [6, 6.07) is 15.4. The zero-order chi connectivity index (χ0) is 22.0. The average Bonchev–Trinajstić information content (AvgIpc) is 3.19. The molecule has 158 valence electrons. The summed E-state index contributed by atoms with van der Waals surface area (Å²) in [7, 11) is 1.64. The van der Waals surface area contributed by atoms with E-state index in [1.807, 2.05) is 48.7 Å². The molecule has 2 aromatic carbocycles. The summed E-state index contributed by atoms with van der Waals surface area (Å²) in [6.07, 6.45) is 0.810. The number of halogens is 1. The van der Waals surface area contributed by atoms with Crippen molar-refractivity contribution in [3.63, 3.8) is 0 Å². The number of amides is 1. The minimum Gasteiger partial charge on any atom is -0.496 e. The van der Waals surface area contributed by atoms with Gasteiger partial charge in [0.1, 0.15) is 11.6 Å². The second-order valence-electron chi connectivity index (χ2n) is 7.32. The van der Waals surface area contributed by atoms with Crippen molar-refractivity contribution >= 4 is 17.2 Å². The van der Waals surface area contributed by atoms with Gasteiger partial charge in [-0.25, -0.2) is 13.9 Å². The first-order valence-electron chi connectivity index (χ1n) is 10.0. The van der Waals surface area contributed by atoms with E-state index in [9.17, 15) is 9.18 Å². The molecule has 0 saturated heterocycles. The zero-order valence-corrected chi connectivity index (χ0v) is 17.6. The van der Waals surface area contributed by atoms with Crippen molar-refractivity contribution in [3.8, 4) is 17.0 Å². The quantitative estimate of drug-likeness (QED) is 0.491. The fourth-order valence-electron chi connectivity index (χ4n) is 3.67. The van der Waals surface area contributed by atoms with E-state index in [4.69, 9.17) is 14.8 Å². The van der Waals surface area contributed by atoms with Gasteiger partial charge in [-0.3, -0.25) is 4.79 Å². The van der Waals surface area contributed by atoms with Gasteiger partial charge in [0.05, 0.1) is 12.8 Å². The van der Waals surface area contributed by atoms with E-state index in [2.05, 4.69) is 5.32 Å². The molecule has 0 spiro atoms. The number of ether oxygens (including phenoxy) is 1. The third-order valence-corrected chi connectivity index (χ3v) is 5.28. The molecule has 0 saturated carbocycles. The number of nitrogens with zero attached hydrogens (tertiary/aromatic N) is 3. The molecule has 2 heterocycles. The minimum absolute atomic E-state index is 0.138. The smallest absolute Gasteiger partial charge is 0.224 e. The van der Waals surface area contributed by atoms with Crippen molar-refractivity contribution < 1.29 is 13.9 Å². The lowest BCUT2D eigenvalue weighted by Crippen LogP contribution is -2.14. The second kappa shape index (κ2) is 8.55. The van der Waals surface area contributed by atoms with E-state index in [-0.39, 0.29) is 18.1 Å². The summed E-state index contributed by atoms with van der Waals surface area (Å²) < 4.78 is 20.3. The van der Waals surface area contributed by atoms with Crippen LogP contribution in [-0.2, 0) is 11.2 Å². The fraction of sp³-hybridized carbons (Fsp3) is 0.208. The van der Waals surface area contributed by atoms with Crippen molar-refractivity contribution in [3.05, 3.63) is 77.4 Å². The molecule has 0 bridgehead atoms. The Labute approximate surface area is 179 Å². The second-order valence-corrected chi connectivity index (χ2v) is 7.32. The maximum atomic E-state index is 13.0. The number of aryl methyl sites for hydroxylation is 2. The van der Waals surface area contributed by atoms with Crippen molar-refractivity contribution in [1.29, 1.82) is 0 Å². The summed E-state index contributed by atoms with van der Waals surface area (Å²) in [5.74, 6) is 0.272.